The third-order valence-corrected chi connectivity index (χ3v) is 5.66. The van der Waals surface area contributed by atoms with Crippen molar-refractivity contribution in [1.29, 1.82) is 0 Å². The Morgan fingerprint density at radius 1 is 1.25 bits per heavy atom. The SMILES string of the molecule is CC1(NC2CCC(O)CC2)CCS(=O)(=O)C1. The molecule has 2 rings (SSSR count). The Hall–Kier alpha value is -0.130. The summed E-state index contributed by atoms with van der Waals surface area (Å²) >= 11 is 0. The Morgan fingerprint density at radius 2 is 1.88 bits per heavy atom. The molecule has 1 saturated heterocycles. The van der Waals surface area contributed by atoms with Crippen molar-refractivity contribution in [3.63, 3.8) is 0 Å². The first kappa shape index (κ1) is 12.3. The molecule has 0 spiro atoms. The summed E-state index contributed by atoms with van der Waals surface area (Å²) in [6.45, 7) is 2.00. The van der Waals surface area contributed by atoms with Crippen molar-refractivity contribution >= 4 is 9.84 Å². The van der Waals surface area contributed by atoms with Crippen LogP contribution < -0.4 is 5.32 Å². The molecule has 2 N–H and O–H groups in total. The van der Waals surface area contributed by atoms with Crippen molar-refractivity contribution in [2.75, 3.05) is 11.5 Å². The van der Waals surface area contributed by atoms with Gasteiger partial charge in [-0.3, -0.25) is 0 Å². The van der Waals surface area contributed by atoms with Crippen molar-refractivity contribution in [2.45, 2.75) is 56.7 Å². The minimum atomic E-state index is -2.83. The van der Waals surface area contributed by atoms with Crippen molar-refractivity contribution in [3.05, 3.63) is 0 Å². The zero-order chi connectivity index (χ0) is 11.8. The van der Waals surface area contributed by atoms with E-state index in [0.717, 1.165) is 25.7 Å². The Balaban J connectivity index is 1.90. The van der Waals surface area contributed by atoms with Gasteiger partial charge >= 0.3 is 0 Å². The molecule has 5 heteroatoms. The van der Waals surface area contributed by atoms with Gasteiger partial charge in [-0.25, -0.2) is 8.42 Å². The number of aliphatic hydroxyl groups excluding tert-OH is 1. The van der Waals surface area contributed by atoms with Gasteiger partial charge in [0.15, 0.2) is 9.84 Å². The minimum Gasteiger partial charge on any atom is -0.393 e. The molecule has 1 aliphatic carbocycles. The van der Waals surface area contributed by atoms with Crippen molar-refractivity contribution < 1.29 is 13.5 Å². The number of nitrogens with one attached hydrogen (secondary N) is 1. The monoisotopic (exact) mass is 247 g/mol. The molecule has 16 heavy (non-hydrogen) atoms. The molecule has 94 valence electrons. The highest BCUT2D eigenvalue weighted by atomic mass is 32.2. The molecule has 0 bridgehead atoms. The second-order valence-corrected chi connectivity index (χ2v) is 7.74. The predicted molar refractivity (Wildman–Crippen MR) is 63.1 cm³/mol. The molecule has 1 atom stereocenters. The zero-order valence-corrected chi connectivity index (χ0v) is 10.6. The lowest BCUT2D eigenvalue weighted by atomic mass is 9.90. The zero-order valence-electron chi connectivity index (χ0n) is 9.78. The van der Waals surface area contributed by atoms with Gasteiger partial charge < -0.3 is 10.4 Å². The quantitative estimate of drug-likeness (QED) is 0.744. The molecule has 0 aromatic carbocycles. The van der Waals surface area contributed by atoms with Crippen LogP contribution in [-0.2, 0) is 9.84 Å². The molecule has 4 nitrogen and oxygen atoms in total. The summed E-state index contributed by atoms with van der Waals surface area (Å²) < 4.78 is 22.9. The van der Waals surface area contributed by atoms with Gasteiger partial charge in [0, 0.05) is 11.6 Å². The predicted octanol–water partition coefficient (Wildman–Crippen LogP) is 0.457. The Kier molecular flexibility index (Phi) is 3.29. The summed E-state index contributed by atoms with van der Waals surface area (Å²) in [4.78, 5) is 0. The molecule has 0 aromatic heterocycles. The molecule has 1 unspecified atom stereocenters. The first-order chi connectivity index (χ1) is 7.39. The van der Waals surface area contributed by atoms with Gasteiger partial charge in [-0.1, -0.05) is 0 Å². The maximum absolute atomic E-state index is 11.5. The van der Waals surface area contributed by atoms with Crippen molar-refractivity contribution in [3.8, 4) is 0 Å². The maximum Gasteiger partial charge on any atom is 0.152 e. The second kappa shape index (κ2) is 4.27. The average molecular weight is 247 g/mol. The summed E-state index contributed by atoms with van der Waals surface area (Å²) in [5.41, 5.74) is -0.244. The van der Waals surface area contributed by atoms with Crippen LogP contribution in [0.2, 0.25) is 0 Å². The van der Waals surface area contributed by atoms with Crippen LogP contribution in [0.5, 0.6) is 0 Å². The summed E-state index contributed by atoms with van der Waals surface area (Å²) in [7, 11) is -2.83. The van der Waals surface area contributed by atoms with E-state index in [1.54, 1.807) is 0 Å². The van der Waals surface area contributed by atoms with E-state index >= 15 is 0 Å². The highest BCUT2D eigenvalue weighted by molar-refractivity contribution is 7.91. The molecule has 0 aromatic rings. The molecule has 1 heterocycles. The first-order valence-electron chi connectivity index (χ1n) is 6.05. The summed E-state index contributed by atoms with van der Waals surface area (Å²) in [6, 6.07) is 0.377. The fourth-order valence-corrected chi connectivity index (χ4v) is 4.94. The third kappa shape index (κ3) is 2.96. The van der Waals surface area contributed by atoms with E-state index in [0.29, 0.717) is 18.2 Å². The molecule has 0 radical (unpaired) electrons. The van der Waals surface area contributed by atoms with Crippen LogP contribution in [0.3, 0.4) is 0 Å². The van der Waals surface area contributed by atoms with Gasteiger partial charge in [-0.15, -0.1) is 0 Å². The van der Waals surface area contributed by atoms with Crippen molar-refractivity contribution in [2.24, 2.45) is 0 Å². The second-order valence-electron chi connectivity index (χ2n) is 5.55. The van der Waals surface area contributed by atoms with Crippen LogP contribution in [0.4, 0.5) is 0 Å². The van der Waals surface area contributed by atoms with E-state index in [2.05, 4.69) is 5.32 Å². The fourth-order valence-electron chi connectivity index (χ4n) is 2.84. The standard InChI is InChI=1S/C11H21NO3S/c1-11(6-7-16(14,15)8-11)12-9-2-4-10(13)5-3-9/h9-10,12-13H,2-8H2,1H3. The highest BCUT2D eigenvalue weighted by Crippen LogP contribution is 2.27. The Labute approximate surface area is 97.3 Å². The van der Waals surface area contributed by atoms with Gasteiger partial charge in [0.1, 0.15) is 0 Å². The lowest BCUT2D eigenvalue weighted by molar-refractivity contribution is 0.110. The number of aliphatic hydroxyl groups is 1. The van der Waals surface area contributed by atoms with Gasteiger partial charge in [-0.2, -0.15) is 0 Å². The first-order valence-corrected chi connectivity index (χ1v) is 7.87. The fraction of sp³-hybridized carbons (Fsp3) is 1.00. The molecule has 1 saturated carbocycles. The van der Waals surface area contributed by atoms with E-state index < -0.39 is 9.84 Å². The van der Waals surface area contributed by atoms with Crippen LogP contribution in [0.15, 0.2) is 0 Å². The highest BCUT2D eigenvalue weighted by Gasteiger charge is 2.39. The van der Waals surface area contributed by atoms with Gasteiger partial charge in [0.2, 0.25) is 0 Å². The van der Waals surface area contributed by atoms with E-state index in [-0.39, 0.29) is 17.4 Å². The van der Waals surface area contributed by atoms with Gasteiger partial charge in [0.05, 0.1) is 17.6 Å². The third-order valence-electron chi connectivity index (χ3n) is 3.75. The number of hydrogen-bond acceptors (Lipinski definition) is 4. The largest absolute Gasteiger partial charge is 0.393 e. The number of rotatable bonds is 2. The molecule has 1 aliphatic heterocycles. The van der Waals surface area contributed by atoms with Crippen LogP contribution in [-0.4, -0.2) is 42.7 Å². The van der Waals surface area contributed by atoms with Gasteiger partial charge in [-0.05, 0) is 39.0 Å². The summed E-state index contributed by atoms with van der Waals surface area (Å²) in [5, 5.41) is 12.9. The lowest BCUT2D eigenvalue weighted by Crippen LogP contribution is -2.50. The van der Waals surface area contributed by atoms with Gasteiger partial charge in [0.25, 0.3) is 0 Å². The summed E-state index contributed by atoms with van der Waals surface area (Å²) in [6.07, 6.45) is 4.14. The van der Waals surface area contributed by atoms with E-state index in [1.807, 2.05) is 6.92 Å². The molecular weight excluding hydrogens is 226 g/mol. The van der Waals surface area contributed by atoms with Crippen LogP contribution >= 0.6 is 0 Å². The molecule has 2 aliphatic rings. The van der Waals surface area contributed by atoms with Crippen LogP contribution in [0.1, 0.15) is 39.0 Å². The smallest absolute Gasteiger partial charge is 0.152 e. The molecule has 0 amide bonds. The van der Waals surface area contributed by atoms with Crippen molar-refractivity contribution in [1.82, 2.24) is 5.32 Å². The van der Waals surface area contributed by atoms with Crippen LogP contribution in [0, 0.1) is 0 Å². The normalized spacial score (nSPS) is 43.4. The summed E-state index contributed by atoms with van der Waals surface area (Å²) in [5.74, 6) is 0.574. The lowest BCUT2D eigenvalue weighted by Gasteiger charge is -2.34. The van der Waals surface area contributed by atoms with Crippen LogP contribution in [0.25, 0.3) is 0 Å². The Morgan fingerprint density at radius 3 is 2.38 bits per heavy atom. The maximum atomic E-state index is 11.5. The topological polar surface area (TPSA) is 66.4 Å². The van der Waals surface area contributed by atoms with E-state index in [9.17, 15) is 13.5 Å². The van der Waals surface area contributed by atoms with E-state index in [1.165, 1.54) is 0 Å². The van der Waals surface area contributed by atoms with E-state index in [4.69, 9.17) is 0 Å². The Bertz CT molecular complexity index is 346. The number of sulfone groups is 1. The molecular formula is C11H21NO3S. The molecule has 2 fully saturated rings. The minimum absolute atomic E-state index is 0.154. The average Bonchev–Trinajstić information content (AvgIpc) is 2.45. The number of hydrogen-bond donors (Lipinski definition) is 2.